The second kappa shape index (κ2) is 5.12. The predicted octanol–water partition coefficient (Wildman–Crippen LogP) is 2.67. The lowest BCUT2D eigenvalue weighted by molar-refractivity contribution is 0.603. The normalized spacial score (nSPS) is 10.6. The molecule has 16 heavy (non-hydrogen) atoms. The zero-order valence-corrected chi connectivity index (χ0v) is 10.4. The standard InChI is InChI=1S/C11H16N4S/c1-3-4-15-7-10(6-13-15)12-5-11-8-16-9(2)14-11/h6-8,12H,3-5H2,1-2H3. The third-order valence-corrected chi connectivity index (χ3v) is 3.05. The quantitative estimate of drug-likeness (QED) is 0.868. The van der Waals surface area contributed by atoms with Gasteiger partial charge in [0.2, 0.25) is 0 Å². The van der Waals surface area contributed by atoms with Gasteiger partial charge in [0.15, 0.2) is 0 Å². The molecule has 2 rings (SSSR count). The molecule has 0 saturated heterocycles. The van der Waals surface area contributed by atoms with E-state index >= 15 is 0 Å². The number of rotatable bonds is 5. The van der Waals surface area contributed by atoms with E-state index in [2.05, 4.69) is 27.7 Å². The molecule has 2 aromatic heterocycles. The molecule has 0 amide bonds. The maximum Gasteiger partial charge on any atom is 0.0898 e. The molecule has 0 aromatic carbocycles. The molecular formula is C11H16N4S. The van der Waals surface area contributed by atoms with E-state index in [0.29, 0.717) is 0 Å². The monoisotopic (exact) mass is 236 g/mol. The molecule has 4 nitrogen and oxygen atoms in total. The highest BCUT2D eigenvalue weighted by Gasteiger charge is 2.00. The summed E-state index contributed by atoms with van der Waals surface area (Å²) in [5.74, 6) is 0. The molecule has 86 valence electrons. The second-order valence-electron chi connectivity index (χ2n) is 3.70. The molecule has 0 radical (unpaired) electrons. The number of thiazole rings is 1. The Balaban J connectivity index is 1.89. The van der Waals surface area contributed by atoms with Crippen LogP contribution < -0.4 is 5.32 Å². The van der Waals surface area contributed by atoms with Crippen molar-refractivity contribution in [3.63, 3.8) is 0 Å². The highest BCUT2D eigenvalue weighted by Crippen LogP contribution is 2.11. The second-order valence-corrected chi connectivity index (χ2v) is 4.77. The molecule has 0 aliphatic heterocycles. The van der Waals surface area contributed by atoms with Crippen LogP contribution in [0.5, 0.6) is 0 Å². The highest BCUT2D eigenvalue weighted by atomic mass is 32.1. The van der Waals surface area contributed by atoms with Crippen LogP contribution in [0.3, 0.4) is 0 Å². The van der Waals surface area contributed by atoms with Crippen molar-refractivity contribution in [1.82, 2.24) is 14.8 Å². The maximum absolute atomic E-state index is 4.40. The molecule has 1 N–H and O–H groups in total. The van der Waals surface area contributed by atoms with Gasteiger partial charge >= 0.3 is 0 Å². The molecule has 0 fully saturated rings. The van der Waals surface area contributed by atoms with E-state index in [-0.39, 0.29) is 0 Å². The van der Waals surface area contributed by atoms with Gasteiger partial charge in [-0.15, -0.1) is 11.3 Å². The SMILES string of the molecule is CCCn1cc(NCc2csc(C)n2)cn1. The summed E-state index contributed by atoms with van der Waals surface area (Å²) in [5, 5.41) is 10.8. The van der Waals surface area contributed by atoms with E-state index in [0.717, 1.165) is 35.9 Å². The third-order valence-electron chi connectivity index (χ3n) is 2.23. The molecule has 0 atom stereocenters. The van der Waals surface area contributed by atoms with E-state index in [9.17, 15) is 0 Å². The zero-order valence-electron chi connectivity index (χ0n) is 9.60. The van der Waals surface area contributed by atoms with Crippen LogP contribution in [0.4, 0.5) is 5.69 Å². The molecule has 0 aliphatic rings. The minimum Gasteiger partial charge on any atom is -0.377 e. The van der Waals surface area contributed by atoms with Crippen LogP contribution in [-0.2, 0) is 13.1 Å². The first kappa shape index (κ1) is 11.1. The van der Waals surface area contributed by atoms with Gasteiger partial charge in [-0.05, 0) is 13.3 Å². The molecular weight excluding hydrogens is 220 g/mol. The van der Waals surface area contributed by atoms with Crippen LogP contribution in [0, 0.1) is 6.92 Å². The molecule has 0 saturated carbocycles. The Labute approximate surface area is 99.3 Å². The highest BCUT2D eigenvalue weighted by molar-refractivity contribution is 7.09. The van der Waals surface area contributed by atoms with Gasteiger partial charge in [-0.2, -0.15) is 5.10 Å². The lowest BCUT2D eigenvalue weighted by Gasteiger charge is -1.99. The van der Waals surface area contributed by atoms with Crippen molar-refractivity contribution in [3.05, 3.63) is 28.5 Å². The molecule has 0 aliphatic carbocycles. The molecule has 2 aromatic rings. The Morgan fingerprint density at radius 2 is 2.38 bits per heavy atom. The summed E-state index contributed by atoms with van der Waals surface area (Å²) in [6.07, 6.45) is 4.99. The fraction of sp³-hybridized carbons (Fsp3) is 0.455. The van der Waals surface area contributed by atoms with E-state index in [4.69, 9.17) is 0 Å². The zero-order chi connectivity index (χ0) is 11.4. The van der Waals surface area contributed by atoms with Gasteiger partial charge in [0.25, 0.3) is 0 Å². The van der Waals surface area contributed by atoms with Crippen molar-refractivity contribution < 1.29 is 0 Å². The van der Waals surface area contributed by atoms with Crippen molar-refractivity contribution in [1.29, 1.82) is 0 Å². The van der Waals surface area contributed by atoms with Crippen molar-refractivity contribution in [3.8, 4) is 0 Å². The van der Waals surface area contributed by atoms with Crippen LogP contribution >= 0.6 is 11.3 Å². The van der Waals surface area contributed by atoms with Crippen LogP contribution in [0.1, 0.15) is 24.0 Å². The van der Waals surface area contributed by atoms with E-state index in [1.807, 2.05) is 24.0 Å². The smallest absolute Gasteiger partial charge is 0.0898 e. The van der Waals surface area contributed by atoms with Crippen molar-refractivity contribution >= 4 is 17.0 Å². The average molecular weight is 236 g/mol. The van der Waals surface area contributed by atoms with Gasteiger partial charge < -0.3 is 5.32 Å². The summed E-state index contributed by atoms with van der Waals surface area (Å²) in [6, 6.07) is 0. The van der Waals surface area contributed by atoms with Gasteiger partial charge in [0.05, 0.1) is 29.1 Å². The van der Waals surface area contributed by atoms with Gasteiger partial charge in [0.1, 0.15) is 0 Å². The van der Waals surface area contributed by atoms with Crippen molar-refractivity contribution in [2.24, 2.45) is 0 Å². The van der Waals surface area contributed by atoms with E-state index in [1.54, 1.807) is 11.3 Å². The fourth-order valence-corrected chi connectivity index (χ4v) is 2.10. The summed E-state index contributed by atoms with van der Waals surface area (Å²) in [7, 11) is 0. The Hall–Kier alpha value is -1.36. The van der Waals surface area contributed by atoms with Crippen LogP contribution in [0.25, 0.3) is 0 Å². The number of nitrogens with one attached hydrogen (secondary N) is 1. The lowest BCUT2D eigenvalue weighted by Crippen LogP contribution is -1.99. The summed E-state index contributed by atoms with van der Waals surface area (Å²) in [4.78, 5) is 4.40. The Kier molecular flexibility index (Phi) is 3.56. The summed E-state index contributed by atoms with van der Waals surface area (Å²) < 4.78 is 1.95. The number of aryl methyl sites for hydroxylation is 2. The Bertz CT molecular complexity index is 446. The average Bonchev–Trinajstić information content (AvgIpc) is 2.85. The number of hydrogen-bond donors (Lipinski definition) is 1. The topological polar surface area (TPSA) is 42.7 Å². The maximum atomic E-state index is 4.40. The Morgan fingerprint density at radius 3 is 3.06 bits per heavy atom. The summed E-state index contributed by atoms with van der Waals surface area (Å²) in [5.41, 5.74) is 2.14. The van der Waals surface area contributed by atoms with E-state index in [1.165, 1.54) is 0 Å². The summed E-state index contributed by atoms with van der Waals surface area (Å²) >= 11 is 1.68. The van der Waals surface area contributed by atoms with Gasteiger partial charge in [-0.25, -0.2) is 4.98 Å². The van der Waals surface area contributed by atoms with Gasteiger partial charge in [0, 0.05) is 18.1 Å². The lowest BCUT2D eigenvalue weighted by atomic mass is 10.4. The minimum absolute atomic E-state index is 0.766. The largest absolute Gasteiger partial charge is 0.377 e. The number of aromatic nitrogens is 3. The Morgan fingerprint density at radius 1 is 1.50 bits per heavy atom. The molecule has 5 heteroatoms. The van der Waals surface area contributed by atoms with Crippen molar-refractivity contribution in [2.75, 3.05) is 5.32 Å². The predicted molar refractivity (Wildman–Crippen MR) is 66.7 cm³/mol. The van der Waals surface area contributed by atoms with E-state index < -0.39 is 0 Å². The first-order chi connectivity index (χ1) is 7.78. The van der Waals surface area contributed by atoms with Crippen molar-refractivity contribution in [2.45, 2.75) is 33.4 Å². The van der Waals surface area contributed by atoms with Gasteiger partial charge in [-0.1, -0.05) is 6.92 Å². The minimum atomic E-state index is 0.766. The number of nitrogens with zero attached hydrogens (tertiary/aromatic N) is 3. The first-order valence-corrected chi connectivity index (χ1v) is 6.33. The van der Waals surface area contributed by atoms with Gasteiger partial charge in [-0.3, -0.25) is 4.68 Å². The summed E-state index contributed by atoms with van der Waals surface area (Å²) in [6.45, 7) is 5.90. The fourth-order valence-electron chi connectivity index (χ4n) is 1.49. The van der Waals surface area contributed by atoms with Crippen LogP contribution in [-0.4, -0.2) is 14.8 Å². The third kappa shape index (κ3) is 2.82. The number of anilines is 1. The molecule has 0 bridgehead atoms. The first-order valence-electron chi connectivity index (χ1n) is 5.45. The molecule has 2 heterocycles. The molecule has 0 unspecified atom stereocenters. The number of hydrogen-bond acceptors (Lipinski definition) is 4. The van der Waals surface area contributed by atoms with Crippen LogP contribution in [0.15, 0.2) is 17.8 Å². The van der Waals surface area contributed by atoms with Crippen LogP contribution in [0.2, 0.25) is 0 Å². The molecule has 0 spiro atoms.